The van der Waals surface area contributed by atoms with Crippen molar-refractivity contribution in [3.05, 3.63) is 0 Å². The first-order valence-electron chi connectivity index (χ1n) is 5.45. The number of hydrogen-bond donors (Lipinski definition) is 1. The SMILES string of the molecule is CCC(CC(C)(C)C)(C(N)=O)C(C)C. The average Bonchev–Trinajstić information content (AvgIpc) is 1.97. The molecule has 0 aliphatic rings. The maximum absolute atomic E-state index is 11.6. The molecule has 0 rings (SSSR count). The number of carbonyl (C=O) groups excluding carboxylic acids is 1. The summed E-state index contributed by atoms with van der Waals surface area (Å²) in [6, 6.07) is 0. The zero-order chi connectivity index (χ0) is 11.6. The number of nitrogens with two attached hydrogens (primary N) is 1. The molecule has 84 valence electrons. The van der Waals surface area contributed by atoms with Gasteiger partial charge in [0, 0.05) is 0 Å². The smallest absolute Gasteiger partial charge is 0.223 e. The van der Waals surface area contributed by atoms with Crippen LogP contribution in [0.15, 0.2) is 0 Å². The molecule has 0 saturated carbocycles. The molecule has 0 aliphatic heterocycles. The third-order valence-electron chi connectivity index (χ3n) is 3.07. The largest absolute Gasteiger partial charge is 0.369 e. The Balaban J connectivity index is 4.97. The fourth-order valence-electron chi connectivity index (χ4n) is 2.23. The second kappa shape index (κ2) is 4.33. The van der Waals surface area contributed by atoms with Crippen LogP contribution in [-0.2, 0) is 4.79 Å². The average molecular weight is 199 g/mol. The molecule has 0 aliphatic carbocycles. The molecular formula is C12H25NO. The molecule has 2 N–H and O–H groups in total. The Kier molecular flexibility index (Phi) is 4.16. The van der Waals surface area contributed by atoms with E-state index in [1.54, 1.807) is 0 Å². The maximum Gasteiger partial charge on any atom is 0.223 e. The van der Waals surface area contributed by atoms with Crippen LogP contribution in [0.1, 0.15) is 54.4 Å². The van der Waals surface area contributed by atoms with Gasteiger partial charge in [-0.3, -0.25) is 4.79 Å². The second-order valence-corrected chi connectivity index (χ2v) is 5.77. The number of carbonyl (C=O) groups is 1. The molecule has 1 atom stereocenters. The van der Waals surface area contributed by atoms with Gasteiger partial charge in [0.05, 0.1) is 5.41 Å². The summed E-state index contributed by atoms with van der Waals surface area (Å²) < 4.78 is 0. The molecule has 0 aromatic carbocycles. The summed E-state index contributed by atoms with van der Waals surface area (Å²) in [6.07, 6.45) is 1.70. The van der Waals surface area contributed by atoms with Gasteiger partial charge in [0.1, 0.15) is 0 Å². The van der Waals surface area contributed by atoms with Crippen LogP contribution < -0.4 is 5.73 Å². The van der Waals surface area contributed by atoms with E-state index >= 15 is 0 Å². The van der Waals surface area contributed by atoms with Crippen LogP contribution in [0.5, 0.6) is 0 Å². The molecule has 0 radical (unpaired) electrons. The van der Waals surface area contributed by atoms with Gasteiger partial charge in [-0.15, -0.1) is 0 Å². The molecule has 0 fully saturated rings. The molecule has 0 saturated heterocycles. The minimum absolute atomic E-state index is 0.148. The summed E-state index contributed by atoms with van der Waals surface area (Å²) in [5.74, 6) is 0.161. The second-order valence-electron chi connectivity index (χ2n) is 5.77. The third kappa shape index (κ3) is 3.00. The minimum atomic E-state index is -0.335. The summed E-state index contributed by atoms with van der Waals surface area (Å²) in [5.41, 5.74) is 5.36. The Bertz CT molecular complexity index is 203. The van der Waals surface area contributed by atoms with Crippen molar-refractivity contribution in [3.8, 4) is 0 Å². The normalized spacial score (nSPS) is 16.8. The summed E-state index contributed by atoms with van der Waals surface area (Å²) in [5, 5.41) is 0. The van der Waals surface area contributed by atoms with E-state index in [0.717, 1.165) is 12.8 Å². The lowest BCUT2D eigenvalue weighted by molar-refractivity contribution is -0.132. The van der Waals surface area contributed by atoms with E-state index in [2.05, 4.69) is 41.5 Å². The van der Waals surface area contributed by atoms with Crippen LogP contribution in [0.25, 0.3) is 0 Å². The van der Waals surface area contributed by atoms with E-state index in [1.165, 1.54) is 0 Å². The minimum Gasteiger partial charge on any atom is -0.369 e. The zero-order valence-corrected chi connectivity index (χ0v) is 10.5. The lowest BCUT2D eigenvalue weighted by atomic mass is 9.65. The molecule has 0 heterocycles. The van der Waals surface area contributed by atoms with Crippen LogP contribution >= 0.6 is 0 Å². The van der Waals surface area contributed by atoms with Crippen LogP contribution in [-0.4, -0.2) is 5.91 Å². The van der Waals surface area contributed by atoms with Crippen molar-refractivity contribution < 1.29 is 4.79 Å². The fraction of sp³-hybridized carbons (Fsp3) is 0.917. The highest BCUT2D eigenvalue weighted by Gasteiger charge is 2.40. The molecule has 2 nitrogen and oxygen atoms in total. The highest BCUT2D eigenvalue weighted by atomic mass is 16.1. The Morgan fingerprint density at radius 1 is 1.29 bits per heavy atom. The van der Waals surface area contributed by atoms with Gasteiger partial charge >= 0.3 is 0 Å². The molecule has 0 aromatic rings. The van der Waals surface area contributed by atoms with Crippen molar-refractivity contribution in [1.82, 2.24) is 0 Å². The summed E-state index contributed by atoms with van der Waals surface area (Å²) in [4.78, 5) is 11.6. The standard InChI is InChI=1S/C12H25NO/c1-7-12(9(2)3,10(13)14)8-11(4,5)6/h9H,7-8H2,1-6H3,(H2,13,14). The van der Waals surface area contributed by atoms with Crippen molar-refractivity contribution in [2.45, 2.75) is 54.4 Å². The number of hydrogen-bond acceptors (Lipinski definition) is 1. The monoisotopic (exact) mass is 199 g/mol. The molecule has 2 heteroatoms. The van der Waals surface area contributed by atoms with Gasteiger partial charge in [0.15, 0.2) is 0 Å². The quantitative estimate of drug-likeness (QED) is 0.743. The Labute approximate surface area is 88.3 Å². The first kappa shape index (κ1) is 13.5. The third-order valence-corrected chi connectivity index (χ3v) is 3.07. The van der Waals surface area contributed by atoms with Crippen molar-refractivity contribution in [1.29, 1.82) is 0 Å². The molecule has 14 heavy (non-hydrogen) atoms. The van der Waals surface area contributed by atoms with Crippen molar-refractivity contribution in [2.24, 2.45) is 22.5 Å². The number of amides is 1. The van der Waals surface area contributed by atoms with Crippen molar-refractivity contribution >= 4 is 5.91 Å². The van der Waals surface area contributed by atoms with E-state index in [1.807, 2.05) is 0 Å². The number of rotatable bonds is 4. The van der Waals surface area contributed by atoms with Gasteiger partial charge in [0.2, 0.25) is 5.91 Å². The van der Waals surface area contributed by atoms with E-state index in [0.29, 0.717) is 5.92 Å². The first-order valence-corrected chi connectivity index (χ1v) is 5.45. The van der Waals surface area contributed by atoms with Crippen molar-refractivity contribution in [2.75, 3.05) is 0 Å². The molecule has 0 bridgehead atoms. The fourth-order valence-corrected chi connectivity index (χ4v) is 2.23. The molecule has 0 spiro atoms. The molecule has 1 amide bonds. The van der Waals surface area contributed by atoms with Gasteiger partial charge in [0.25, 0.3) is 0 Å². The van der Waals surface area contributed by atoms with Gasteiger partial charge in [-0.1, -0.05) is 41.5 Å². The molecule has 0 aromatic heterocycles. The lowest BCUT2D eigenvalue weighted by Crippen LogP contribution is -2.43. The van der Waals surface area contributed by atoms with Gasteiger partial charge in [-0.25, -0.2) is 0 Å². The van der Waals surface area contributed by atoms with Crippen LogP contribution in [0.3, 0.4) is 0 Å². The maximum atomic E-state index is 11.6. The van der Waals surface area contributed by atoms with Crippen molar-refractivity contribution in [3.63, 3.8) is 0 Å². The zero-order valence-electron chi connectivity index (χ0n) is 10.5. The summed E-state index contributed by atoms with van der Waals surface area (Å²) >= 11 is 0. The number of primary amides is 1. The topological polar surface area (TPSA) is 43.1 Å². The summed E-state index contributed by atoms with van der Waals surface area (Å²) in [6.45, 7) is 12.7. The lowest BCUT2D eigenvalue weighted by Gasteiger charge is -2.38. The predicted octanol–water partition coefficient (Wildman–Crippen LogP) is 2.96. The van der Waals surface area contributed by atoms with E-state index in [4.69, 9.17) is 5.73 Å². The Morgan fingerprint density at radius 2 is 1.71 bits per heavy atom. The molecule has 1 unspecified atom stereocenters. The van der Waals surface area contributed by atoms with Gasteiger partial charge in [-0.05, 0) is 24.2 Å². The van der Waals surface area contributed by atoms with Gasteiger partial charge < -0.3 is 5.73 Å². The Morgan fingerprint density at radius 3 is 1.79 bits per heavy atom. The first-order chi connectivity index (χ1) is 6.15. The van der Waals surface area contributed by atoms with E-state index < -0.39 is 0 Å². The van der Waals surface area contributed by atoms with Gasteiger partial charge in [-0.2, -0.15) is 0 Å². The predicted molar refractivity (Wildman–Crippen MR) is 60.8 cm³/mol. The van der Waals surface area contributed by atoms with Crippen LogP contribution in [0.4, 0.5) is 0 Å². The highest BCUT2D eigenvalue weighted by molar-refractivity contribution is 5.81. The van der Waals surface area contributed by atoms with Crippen LogP contribution in [0, 0.1) is 16.7 Å². The summed E-state index contributed by atoms with van der Waals surface area (Å²) in [7, 11) is 0. The molecular weight excluding hydrogens is 174 g/mol. The highest BCUT2D eigenvalue weighted by Crippen LogP contribution is 2.41. The van der Waals surface area contributed by atoms with E-state index in [9.17, 15) is 4.79 Å². The Hall–Kier alpha value is -0.530. The van der Waals surface area contributed by atoms with E-state index in [-0.39, 0.29) is 16.7 Å². The van der Waals surface area contributed by atoms with Crippen LogP contribution in [0.2, 0.25) is 0 Å².